The number of morpholine rings is 1. The first-order valence-electron chi connectivity index (χ1n) is 13.6. The largest absolute Gasteiger partial charge is 0.379 e. The summed E-state index contributed by atoms with van der Waals surface area (Å²) in [6.07, 6.45) is 10.7. The highest BCUT2D eigenvalue weighted by Crippen LogP contribution is 2.25. The van der Waals surface area contributed by atoms with Gasteiger partial charge < -0.3 is 20.3 Å². The van der Waals surface area contributed by atoms with Crippen molar-refractivity contribution in [2.75, 3.05) is 45.9 Å². The highest BCUT2D eigenvalue weighted by atomic mass is 16.7. The van der Waals surface area contributed by atoms with Crippen molar-refractivity contribution in [1.82, 2.24) is 21.0 Å². The van der Waals surface area contributed by atoms with Gasteiger partial charge in [0.2, 0.25) is 5.91 Å². The van der Waals surface area contributed by atoms with Crippen molar-refractivity contribution in [3.05, 3.63) is 0 Å². The molecule has 0 aromatic rings. The third-order valence-corrected chi connectivity index (χ3v) is 8.88. The zero-order chi connectivity index (χ0) is 22.6. The first-order chi connectivity index (χ1) is 16.2. The number of carbonyl (C=O) groups excluding carboxylic acids is 1. The van der Waals surface area contributed by atoms with Gasteiger partial charge in [-0.05, 0) is 25.7 Å². The summed E-state index contributed by atoms with van der Waals surface area (Å²) in [4.78, 5) is 21.9. The standard InChI is InChI=1S/C24H44N6O3/c1-17(31)26-20-6-4-18(5-7-20)16-30-10-2-3-21(30)24-27-23(28-33-24)19-8-9-25-22(15-19)29-11-13-32-14-12-29/h18-25,27-28H,2-16H2,1H3,(H,26,31)/p+2. The molecule has 5 rings (SSSR count). The second-order valence-corrected chi connectivity index (χ2v) is 11.1. The lowest BCUT2D eigenvalue weighted by molar-refractivity contribution is -0.919. The fourth-order valence-electron chi connectivity index (χ4n) is 7.09. The summed E-state index contributed by atoms with van der Waals surface area (Å²) in [6, 6.07) is 0.933. The molecular formula is C24H46N6O3+2. The Morgan fingerprint density at radius 1 is 1.15 bits per heavy atom. The molecule has 1 saturated carbocycles. The van der Waals surface area contributed by atoms with Gasteiger partial charge in [0.15, 0.2) is 6.23 Å². The molecule has 0 radical (unpaired) electrons. The Labute approximate surface area is 198 Å². The number of quaternary nitrogens is 2. The Hall–Kier alpha value is -0.810. The number of likely N-dealkylation sites (tertiary alicyclic amines) is 1. The molecule has 188 valence electrons. The number of nitrogens with one attached hydrogen (secondary N) is 4. The third kappa shape index (κ3) is 6.07. The number of nitrogens with zero attached hydrogens (tertiary/aromatic N) is 1. The Kier molecular flexibility index (Phi) is 8.18. The lowest BCUT2D eigenvalue weighted by Crippen LogP contribution is -3.15. The fourth-order valence-corrected chi connectivity index (χ4v) is 7.09. The maximum atomic E-state index is 11.4. The number of hydroxylamine groups is 1. The molecule has 4 saturated heterocycles. The zero-order valence-electron chi connectivity index (χ0n) is 20.4. The van der Waals surface area contributed by atoms with E-state index in [9.17, 15) is 4.79 Å². The van der Waals surface area contributed by atoms with Crippen LogP contribution in [-0.2, 0) is 14.4 Å². The molecule has 9 heteroatoms. The molecule has 5 aliphatic rings. The number of hydrogen-bond donors (Lipinski definition) is 5. The minimum atomic E-state index is 0.113. The normalized spacial score (nSPS) is 42.9. The number of ether oxygens (including phenoxy) is 1. The number of carbonyl (C=O) groups is 1. The van der Waals surface area contributed by atoms with E-state index in [0.29, 0.717) is 24.2 Å². The van der Waals surface area contributed by atoms with Gasteiger partial charge in [-0.25, -0.2) is 4.90 Å². The van der Waals surface area contributed by atoms with Gasteiger partial charge in [-0.15, -0.1) is 0 Å². The number of rotatable bonds is 6. The van der Waals surface area contributed by atoms with E-state index in [1.54, 1.807) is 11.8 Å². The molecule has 6 unspecified atom stereocenters. The van der Waals surface area contributed by atoms with Gasteiger partial charge in [0.05, 0.1) is 39.0 Å². The van der Waals surface area contributed by atoms with E-state index in [2.05, 4.69) is 26.3 Å². The van der Waals surface area contributed by atoms with E-state index >= 15 is 0 Å². The molecule has 4 aliphatic heterocycles. The molecule has 6 N–H and O–H groups in total. The summed E-state index contributed by atoms with van der Waals surface area (Å²) in [5.41, 5.74) is 3.40. The van der Waals surface area contributed by atoms with Crippen LogP contribution in [-0.4, -0.2) is 87.4 Å². The highest BCUT2D eigenvalue weighted by molar-refractivity contribution is 5.73. The Bertz CT molecular complexity index is 640. The lowest BCUT2D eigenvalue weighted by Gasteiger charge is -2.38. The minimum Gasteiger partial charge on any atom is -0.379 e. The summed E-state index contributed by atoms with van der Waals surface area (Å²) in [5.74, 6) is 1.50. The van der Waals surface area contributed by atoms with Gasteiger partial charge in [0.25, 0.3) is 0 Å². The van der Waals surface area contributed by atoms with Gasteiger partial charge >= 0.3 is 0 Å². The van der Waals surface area contributed by atoms with Crippen molar-refractivity contribution in [3.63, 3.8) is 0 Å². The van der Waals surface area contributed by atoms with E-state index in [0.717, 1.165) is 45.1 Å². The number of nitrogens with two attached hydrogens (primary N) is 1. The average Bonchev–Trinajstić information content (AvgIpc) is 3.50. The molecule has 0 bridgehead atoms. The van der Waals surface area contributed by atoms with Gasteiger partial charge in [-0.2, -0.15) is 5.48 Å². The van der Waals surface area contributed by atoms with E-state index < -0.39 is 0 Å². The number of amides is 1. The van der Waals surface area contributed by atoms with E-state index in [-0.39, 0.29) is 18.3 Å². The molecule has 1 aliphatic carbocycles. The van der Waals surface area contributed by atoms with Crippen LogP contribution in [0.4, 0.5) is 0 Å². The summed E-state index contributed by atoms with van der Waals surface area (Å²) < 4.78 is 5.55. The van der Waals surface area contributed by atoms with Gasteiger partial charge in [-0.3, -0.25) is 14.9 Å². The molecule has 5 fully saturated rings. The molecule has 0 spiro atoms. The van der Waals surface area contributed by atoms with Crippen LogP contribution in [0.3, 0.4) is 0 Å². The Balaban J connectivity index is 1.09. The molecule has 4 heterocycles. The molecule has 0 aromatic carbocycles. The summed E-state index contributed by atoms with van der Waals surface area (Å²) in [7, 11) is 0. The van der Waals surface area contributed by atoms with Crippen molar-refractivity contribution in [3.8, 4) is 0 Å². The van der Waals surface area contributed by atoms with Crippen LogP contribution in [0.2, 0.25) is 0 Å². The lowest BCUT2D eigenvalue weighted by atomic mass is 9.85. The number of hydrogen-bond acceptors (Lipinski definition) is 6. The predicted molar refractivity (Wildman–Crippen MR) is 124 cm³/mol. The maximum Gasteiger partial charge on any atom is 0.217 e. The summed E-state index contributed by atoms with van der Waals surface area (Å²) >= 11 is 0. The molecule has 6 atom stereocenters. The van der Waals surface area contributed by atoms with E-state index in [1.807, 2.05) is 0 Å². The van der Waals surface area contributed by atoms with Crippen molar-refractivity contribution >= 4 is 5.91 Å². The quantitative estimate of drug-likeness (QED) is 0.315. The van der Waals surface area contributed by atoms with Gasteiger partial charge in [-0.1, -0.05) is 0 Å². The zero-order valence-corrected chi connectivity index (χ0v) is 20.4. The van der Waals surface area contributed by atoms with Crippen molar-refractivity contribution in [2.45, 2.75) is 88.9 Å². The maximum absolute atomic E-state index is 11.4. The highest BCUT2D eigenvalue weighted by Gasteiger charge is 2.45. The van der Waals surface area contributed by atoms with Crippen LogP contribution in [0.1, 0.15) is 58.3 Å². The van der Waals surface area contributed by atoms with Crippen molar-refractivity contribution < 1.29 is 24.6 Å². The second-order valence-electron chi connectivity index (χ2n) is 11.1. The van der Waals surface area contributed by atoms with Gasteiger partial charge in [0, 0.05) is 63.6 Å². The van der Waals surface area contributed by atoms with Crippen LogP contribution in [0, 0.1) is 11.8 Å². The SMILES string of the molecule is CC(=O)NC1CCC(C[NH+]2CCCC2C2NC(C3CC[NH2+]C(N4CCOCC4)C3)NO2)CC1. The topological polar surface area (TPSA) is 95.9 Å². The Morgan fingerprint density at radius 2 is 1.97 bits per heavy atom. The van der Waals surface area contributed by atoms with Crippen molar-refractivity contribution in [2.24, 2.45) is 11.8 Å². The molecular weight excluding hydrogens is 420 g/mol. The number of piperidine rings is 1. The smallest absolute Gasteiger partial charge is 0.217 e. The predicted octanol–water partition coefficient (Wildman–Crippen LogP) is -1.86. The first kappa shape index (κ1) is 23.9. The molecule has 0 aromatic heterocycles. The van der Waals surface area contributed by atoms with Crippen LogP contribution >= 0.6 is 0 Å². The van der Waals surface area contributed by atoms with E-state index in [4.69, 9.17) is 9.57 Å². The summed E-state index contributed by atoms with van der Waals surface area (Å²) in [6.45, 7) is 9.21. The first-order valence-corrected chi connectivity index (χ1v) is 13.6. The van der Waals surface area contributed by atoms with Crippen LogP contribution < -0.4 is 26.3 Å². The Morgan fingerprint density at radius 3 is 2.76 bits per heavy atom. The molecule has 1 amide bonds. The molecule has 33 heavy (non-hydrogen) atoms. The molecule has 9 nitrogen and oxygen atoms in total. The third-order valence-electron chi connectivity index (χ3n) is 8.88. The average molecular weight is 467 g/mol. The van der Waals surface area contributed by atoms with Crippen LogP contribution in [0.5, 0.6) is 0 Å². The van der Waals surface area contributed by atoms with Crippen LogP contribution in [0.15, 0.2) is 0 Å². The van der Waals surface area contributed by atoms with Gasteiger partial charge in [0.1, 0.15) is 12.2 Å². The minimum absolute atomic E-state index is 0.113. The van der Waals surface area contributed by atoms with Crippen LogP contribution in [0.25, 0.3) is 0 Å². The fraction of sp³-hybridized carbons (Fsp3) is 0.958. The van der Waals surface area contributed by atoms with E-state index in [1.165, 1.54) is 58.2 Å². The summed E-state index contributed by atoms with van der Waals surface area (Å²) in [5, 5.41) is 9.50. The second kappa shape index (κ2) is 11.3. The van der Waals surface area contributed by atoms with Crippen molar-refractivity contribution in [1.29, 1.82) is 0 Å². The monoisotopic (exact) mass is 466 g/mol.